The molecule has 0 aliphatic carbocycles. The van der Waals surface area contributed by atoms with E-state index in [1.165, 1.54) is 11.8 Å². The number of nitrogen functional groups attached to an aromatic ring is 1. The lowest BCUT2D eigenvalue weighted by atomic mass is 10.0. The van der Waals surface area contributed by atoms with Gasteiger partial charge in [0.25, 0.3) is 0 Å². The van der Waals surface area contributed by atoms with Crippen LogP contribution in [0, 0.1) is 22.7 Å². The van der Waals surface area contributed by atoms with E-state index in [9.17, 15) is 10.5 Å². The van der Waals surface area contributed by atoms with Crippen molar-refractivity contribution in [2.45, 2.75) is 24.1 Å². The molecule has 0 unspecified atom stereocenters. The highest BCUT2D eigenvalue weighted by Crippen LogP contribution is 2.36. The van der Waals surface area contributed by atoms with E-state index in [1.54, 1.807) is 30.7 Å². The molecule has 0 spiro atoms. The van der Waals surface area contributed by atoms with Gasteiger partial charge in [0.1, 0.15) is 40.9 Å². The normalized spacial score (nSPS) is 10.3. The minimum atomic E-state index is 0.0605. The highest BCUT2D eigenvalue weighted by molar-refractivity contribution is 7.98. The average Bonchev–Trinajstić information content (AvgIpc) is 2.83. The van der Waals surface area contributed by atoms with Crippen LogP contribution in [0.2, 0.25) is 0 Å². The second kappa shape index (κ2) is 11.7. The molecule has 0 amide bonds. The molecule has 0 radical (unpaired) electrons. The van der Waals surface area contributed by atoms with Gasteiger partial charge in [-0.05, 0) is 30.2 Å². The number of hydrogen-bond acceptors (Lipinski definition) is 9. The van der Waals surface area contributed by atoms with Crippen LogP contribution < -0.4 is 10.5 Å². The van der Waals surface area contributed by atoms with Crippen LogP contribution in [0.3, 0.4) is 0 Å². The van der Waals surface area contributed by atoms with Crippen molar-refractivity contribution in [2.24, 2.45) is 0 Å². The number of anilines is 1. The van der Waals surface area contributed by atoms with Gasteiger partial charge in [-0.25, -0.2) is 4.98 Å². The summed E-state index contributed by atoms with van der Waals surface area (Å²) in [5.41, 5.74) is 8.25. The first-order valence-electron chi connectivity index (χ1n) is 10.00. The van der Waals surface area contributed by atoms with Crippen LogP contribution in [0.4, 0.5) is 5.82 Å². The predicted octanol–water partition coefficient (Wildman–Crippen LogP) is 3.96. The second-order valence-electron chi connectivity index (χ2n) is 6.64. The Morgan fingerprint density at radius 1 is 1.06 bits per heavy atom. The Bertz CT molecular complexity index is 1120. The first kappa shape index (κ1) is 23.0. The first-order valence-corrected chi connectivity index (χ1v) is 11.0. The predicted molar refractivity (Wildman–Crippen MR) is 122 cm³/mol. The molecule has 0 aliphatic rings. The van der Waals surface area contributed by atoms with Gasteiger partial charge in [-0.15, -0.1) is 11.8 Å². The molecule has 3 aromatic rings. The van der Waals surface area contributed by atoms with Crippen LogP contribution in [0.5, 0.6) is 5.75 Å². The molecular formula is C23H22N6O2S. The van der Waals surface area contributed by atoms with Crippen LogP contribution in [0.15, 0.2) is 47.9 Å². The molecule has 0 aromatic carbocycles. The fourth-order valence-corrected chi connectivity index (χ4v) is 3.80. The van der Waals surface area contributed by atoms with E-state index in [1.807, 2.05) is 19.1 Å². The molecule has 0 atom stereocenters. The monoisotopic (exact) mass is 446 g/mol. The van der Waals surface area contributed by atoms with Gasteiger partial charge < -0.3 is 15.2 Å². The maximum absolute atomic E-state index is 9.88. The zero-order valence-corrected chi connectivity index (χ0v) is 18.4. The molecule has 0 aliphatic heterocycles. The lowest BCUT2D eigenvalue weighted by Gasteiger charge is -2.13. The Morgan fingerprint density at radius 3 is 2.56 bits per heavy atom. The zero-order chi connectivity index (χ0) is 22.8. The van der Waals surface area contributed by atoms with E-state index in [-0.39, 0.29) is 16.9 Å². The van der Waals surface area contributed by atoms with E-state index in [0.717, 1.165) is 12.0 Å². The topological polar surface area (TPSA) is 131 Å². The second-order valence-corrected chi connectivity index (χ2v) is 7.60. The van der Waals surface area contributed by atoms with Gasteiger partial charge in [-0.3, -0.25) is 9.97 Å². The van der Waals surface area contributed by atoms with Gasteiger partial charge in [-0.1, -0.05) is 13.0 Å². The third kappa shape index (κ3) is 5.73. The van der Waals surface area contributed by atoms with Crippen molar-refractivity contribution in [3.63, 3.8) is 0 Å². The number of nitrogens with zero attached hydrogens (tertiary/aromatic N) is 5. The molecule has 8 nitrogen and oxygen atoms in total. The van der Waals surface area contributed by atoms with Crippen LogP contribution in [-0.2, 0) is 10.5 Å². The Balaban J connectivity index is 1.87. The van der Waals surface area contributed by atoms with Crippen molar-refractivity contribution in [3.05, 3.63) is 59.5 Å². The van der Waals surface area contributed by atoms with Gasteiger partial charge >= 0.3 is 0 Å². The summed E-state index contributed by atoms with van der Waals surface area (Å²) in [6, 6.07) is 11.5. The summed E-state index contributed by atoms with van der Waals surface area (Å²) in [7, 11) is 0. The number of nitriles is 2. The molecule has 32 heavy (non-hydrogen) atoms. The van der Waals surface area contributed by atoms with Crippen LogP contribution in [0.1, 0.15) is 30.0 Å². The van der Waals surface area contributed by atoms with E-state index in [0.29, 0.717) is 47.6 Å². The zero-order valence-electron chi connectivity index (χ0n) is 17.6. The lowest BCUT2D eigenvalue weighted by Crippen LogP contribution is -2.07. The lowest BCUT2D eigenvalue weighted by molar-refractivity contribution is 0.100. The number of thioether (sulfide) groups is 1. The molecule has 162 valence electrons. The van der Waals surface area contributed by atoms with Gasteiger partial charge in [0.2, 0.25) is 0 Å². The summed E-state index contributed by atoms with van der Waals surface area (Å²) in [6.45, 7) is 3.64. The minimum absolute atomic E-state index is 0.0605. The summed E-state index contributed by atoms with van der Waals surface area (Å²) in [6.07, 6.45) is 5.95. The van der Waals surface area contributed by atoms with Crippen molar-refractivity contribution in [3.8, 4) is 29.1 Å². The molecule has 3 aromatic heterocycles. The van der Waals surface area contributed by atoms with Gasteiger partial charge in [0.15, 0.2) is 0 Å². The largest absolute Gasteiger partial charge is 0.490 e. The maximum Gasteiger partial charge on any atom is 0.143 e. The number of nitrogens with two attached hydrogens (primary N) is 1. The van der Waals surface area contributed by atoms with E-state index < -0.39 is 0 Å². The molecule has 0 saturated carbocycles. The number of rotatable bonds is 10. The summed E-state index contributed by atoms with van der Waals surface area (Å²) in [4.78, 5) is 12.8. The molecule has 3 rings (SSSR count). The van der Waals surface area contributed by atoms with Crippen LogP contribution in [0.25, 0.3) is 11.3 Å². The minimum Gasteiger partial charge on any atom is -0.490 e. The van der Waals surface area contributed by atoms with Crippen molar-refractivity contribution in [2.75, 3.05) is 25.6 Å². The van der Waals surface area contributed by atoms with Gasteiger partial charge in [-0.2, -0.15) is 10.5 Å². The molecule has 3 heterocycles. The Hall–Kier alpha value is -3.66. The summed E-state index contributed by atoms with van der Waals surface area (Å²) < 4.78 is 11.0. The third-order valence-corrected chi connectivity index (χ3v) is 5.40. The van der Waals surface area contributed by atoms with E-state index in [4.69, 9.17) is 15.2 Å². The number of pyridine rings is 3. The maximum atomic E-state index is 9.88. The van der Waals surface area contributed by atoms with Crippen molar-refractivity contribution >= 4 is 17.6 Å². The fourth-order valence-electron chi connectivity index (χ4n) is 2.87. The number of ether oxygens (including phenoxy) is 2. The highest BCUT2D eigenvalue weighted by atomic mass is 32.2. The quantitative estimate of drug-likeness (QED) is 0.363. The first-order chi connectivity index (χ1) is 15.7. The Labute approximate surface area is 191 Å². The molecule has 2 N–H and O–H groups in total. The number of hydrogen-bond donors (Lipinski definition) is 1. The van der Waals surface area contributed by atoms with Crippen molar-refractivity contribution < 1.29 is 9.47 Å². The molecule has 0 bridgehead atoms. The van der Waals surface area contributed by atoms with Crippen LogP contribution >= 0.6 is 11.8 Å². The Kier molecular flexibility index (Phi) is 8.38. The van der Waals surface area contributed by atoms with E-state index >= 15 is 0 Å². The SMILES string of the molecule is CCCOCCOc1ccc(-c2c(C#N)c(N)nc(SCc3cccnc3)c2C#N)nc1. The molecule has 0 saturated heterocycles. The van der Waals surface area contributed by atoms with Gasteiger partial charge in [0, 0.05) is 30.3 Å². The smallest absolute Gasteiger partial charge is 0.143 e. The Morgan fingerprint density at radius 2 is 1.91 bits per heavy atom. The van der Waals surface area contributed by atoms with E-state index in [2.05, 4.69) is 27.1 Å². The number of aromatic nitrogens is 3. The molecule has 0 fully saturated rings. The summed E-state index contributed by atoms with van der Waals surface area (Å²) in [5, 5.41) is 20.0. The summed E-state index contributed by atoms with van der Waals surface area (Å²) >= 11 is 1.36. The fraction of sp³-hybridized carbons (Fsp3) is 0.261. The molecular weight excluding hydrogens is 424 g/mol. The van der Waals surface area contributed by atoms with Gasteiger partial charge in [0.05, 0.1) is 24.1 Å². The molecule has 9 heteroatoms. The summed E-state index contributed by atoms with van der Waals surface area (Å²) in [5.74, 6) is 1.19. The van der Waals surface area contributed by atoms with Crippen LogP contribution in [-0.4, -0.2) is 34.8 Å². The van der Waals surface area contributed by atoms with Crippen molar-refractivity contribution in [1.29, 1.82) is 10.5 Å². The average molecular weight is 447 g/mol. The standard InChI is InChI=1S/C23H22N6O2S/c1-2-8-30-9-10-31-17-5-6-20(28-14-17)21-18(11-24)22(26)29-23(19(21)12-25)32-15-16-4-3-7-27-13-16/h3-7,13-14H,2,8-10,15H2,1H3,(H2,26,29). The van der Waals surface area contributed by atoms with Crippen molar-refractivity contribution in [1.82, 2.24) is 15.0 Å². The highest BCUT2D eigenvalue weighted by Gasteiger charge is 2.21. The third-order valence-electron chi connectivity index (χ3n) is 4.35.